The van der Waals surface area contributed by atoms with Crippen LogP contribution in [0.25, 0.3) is 11.4 Å². The van der Waals surface area contributed by atoms with E-state index in [2.05, 4.69) is 38.0 Å². The van der Waals surface area contributed by atoms with Crippen LogP contribution in [0.3, 0.4) is 0 Å². The molecule has 8 nitrogen and oxygen atoms in total. The van der Waals surface area contributed by atoms with E-state index in [4.69, 9.17) is 14.2 Å². The van der Waals surface area contributed by atoms with Gasteiger partial charge in [-0.15, -0.1) is 0 Å². The van der Waals surface area contributed by atoms with E-state index in [0.29, 0.717) is 11.9 Å². The maximum absolute atomic E-state index is 5.76. The molecule has 156 valence electrons. The Labute approximate surface area is 171 Å². The van der Waals surface area contributed by atoms with Crippen molar-refractivity contribution in [1.82, 2.24) is 24.9 Å². The van der Waals surface area contributed by atoms with Gasteiger partial charge in [-0.05, 0) is 64.5 Å². The average Bonchev–Trinajstić information content (AvgIpc) is 3.45. The lowest BCUT2D eigenvalue weighted by molar-refractivity contribution is 0.0958. The summed E-state index contributed by atoms with van der Waals surface area (Å²) in [5.74, 6) is 2.37. The first-order valence-electron chi connectivity index (χ1n) is 10.8. The number of morpholine rings is 1. The predicted octanol–water partition coefficient (Wildman–Crippen LogP) is 2.20. The van der Waals surface area contributed by atoms with Crippen LogP contribution in [0.2, 0.25) is 0 Å². The van der Waals surface area contributed by atoms with Gasteiger partial charge in [-0.25, -0.2) is 4.98 Å². The summed E-state index contributed by atoms with van der Waals surface area (Å²) in [7, 11) is 2.21. The fraction of sp³-hybridized carbons (Fsp3) is 0.667. The maximum atomic E-state index is 5.76. The predicted molar refractivity (Wildman–Crippen MR) is 110 cm³/mol. The van der Waals surface area contributed by atoms with Gasteiger partial charge < -0.3 is 19.1 Å². The fourth-order valence-electron chi connectivity index (χ4n) is 4.83. The Hall–Kier alpha value is -2.03. The molecule has 0 aliphatic carbocycles. The summed E-state index contributed by atoms with van der Waals surface area (Å²) >= 11 is 0. The smallest absolute Gasteiger partial charge is 0.244 e. The van der Waals surface area contributed by atoms with Gasteiger partial charge in [0.25, 0.3) is 0 Å². The third-order valence-corrected chi connectivity index (χ3v) is 6.52. The molecule has 1 atom stereocenters. The van der Waals surface area contributed by atoms with E-state index in [0.717, 1.165) is 56.5 Å². The molecule has 5 heterocycles. The highest BCUT2D eigenvalue weighted by atomic mass is 16.5. The van der Waals surface area contributed by atoms with Gasteiger partial charge in [0.2, 0.25) is 11.7 Å². The lowest BCUT2D eigenvalue weighted by Gasteiger charge is -2.37. The highest BCUT2D eigenvalue weighted by Gasteiger charge is 2.36. The number of anilines is 1. The molecular formula is C21H30N6O2. The van der Waals surface area contributed by atoms with E-state index in [9.17, 15) is 0 Å². The third kappa shape index (κ3) is 4.01. The minimum atomic E-state index is 0.255. The van der Waals surface area contributed by atoms with E-state index in [-0.39, 0.29) is 6.04 Å². The first kappa shape index (κ1) is 19.0. The number of piperidine rings is 1. The van der Waals surface area contributed by atoms with Gasteiger partial charge in [0.1, 0.15) is 5.82 Å². The van der Waals surface area contributed by atoms with Crippen LogP contribution < -0.4 is 4.90 Å². The molecule has 0 aromatic carbocycles. The van der Waals surface area contributed by atoms with Crippen LogP contribution in [0.4, 0.5) is 5.82 Å². The van der Waals surface area contributed by atoms with Crippen molar-refractivity contribution < 1.29 is 9.26 Å². The number of hydrogen-bond donors (Lipinski definition) is 0. The molecule has 3 aliphatic heterocycles. The van der Waals surface area contributed by atoms with Crippen molar-refractivity contribution in [2.24, 2.45) is 0 Å². The van der Waals surface area contributed by atoms with Crippen LogP contribution in [0.1, 0.15) is 37.6 Å². The van der Waals surface area contributed by atoms with Gasteiger partial charge in [-0.2, -0.15) is 4.98 Å². The molecule has 2 aromatic heterocycles. The van der Waals surface area contributed by atoms with Crippen LogP contribution in [-0.2, 0) is 4.74 Å². The van der Waals surface area contributed by atoms with E-state index < -0.39 is 0 Å². The molecule has 2 aromatic rings. The summed E-state index contributed by atoms with van der Waals surface area (Å²) in [6.45, 7) is 6.68. The van der Waals surface area contributed by atoms with Crippen molar-refractivity contribution in [2.75, 3.05) is 57.9 Å². The minimum Gasteiger partial charge on any atom is -0.378 e. The summed E-state index contributed by atoms with van der Waals surface area (Å²) in [5.41, 5.74) is 0.959. The van der Waals surface area contributed by atoms with Crippen molar-refractivity contribution in [1.29, 1.82) is 0 Å². The summed E-state index contributed by atoms with van der Waals surface area (Å²) in [6.07, 6.45) is 6.58. The molecule has 3 saturated heterocycles. The fourth-order valence-corrected chi connectivity index (χ4v) is 4.83. The molecule has 0 amide bonds. The maximum Gasteiger partial charge on any atom is 0.244 e. The van der Waals surface area contributed by atoms with Gasteiger partial charge in [-0.3, -0.25) is 4.90 Å². The highest BCUT2D eigenvalue weighted by molar-refractivity contribution is 5.59. The van der Waals surface area contributed by atoms with E-state index in [1.165, 1.54) is 32.4 Å². The number of nitrogens with zero attached hydrogens (tertiary/aromatic N) is 6. The topological polar surface area (TPSA) is 70.8 Å². The normalized spacial score (nSPS) is 25.0. The van der Waals surface area contributed by atoms with E-state index >= 15 is 0 Å². The largest absolute Gasteiger partial charge is 0.378 e. The second-order valence-electron chi connectivity index (χ2n) is 8.39. The Morgan fingerprint density at radius 3 is 2.69 bits per heavy atom. The molecule has 8 heteroatoms. The lowest BCUT2D eigenvalue weighted by Crippen LogP contribution is -2.43. The standard InChI is InChI=1S/C21H30N6O2/c1-25-9-5-17(6-10-25)27-8-2-3-18(27)21-23-20(24-29-21)16-4-7-22-19(15-16)26-11-13-28-14-12-26/h4,7,15,17-18H,2-3,5-6,8-14H2,1H3/t18-/m0/s1. The van der Waals surface area contributed by atoms with Crippen LogP contribution in [0, 0.1) is 0 Å². The van der Waals surface area contributed by atoms with Crippen molar-refractivity contribution in [3.63, 3.8) is 0 Å². The zero-order chi connectivity index (χ0) is 19.6. The van der Waals surface area contributed by atoms with Crippen molar-refractivity contribution >= 4 is 5.82 Å². The number of aromatic nitrogens is 3. The zero-order valence-corrected chi connectivity index (χ0v) is 17.2. The third-order valence-electron chi connectivity index (χ3n) is 6.52. The van der Waals surface area contributed by atoms with Crippen LogP contribution >= 0.6 is 0 Å². The van der Waals surface area contributed by atoms with E-state index in [1.54, 1.807) is 0 Å². The molecule has 0 radical (unpaired) electrons. The van der Waals surface area contributed by atoms with Gasteiger partial charge in [0, 0.05) is 30.9 Å². The first-order chi connectivity index (χ1) is 14.3. The van der Waals surface area contributed by atoms with E-state index in [1.807, 2.05) is 12.3 Å². The Balaban J connectivity index is 1.32. The zero-order valence-electron chi connectivity index (χ0n) is 17.2. The molecule has 5 rings (SSSR count). The Kier molecular flexibility index (Phi) is 5.48. The number of hydrogen-bond acceptors (Lipinski definition) is 8. The van der Waals surface area contributed by atoms with Crippen molar-refractivity contribution in [2.45, 2.75) is 37.8 Å². The summed E-state index contributed by atoms with van der Waals surface area (Å²) in [6, 6.07) is 4.90. The lowest BCUT2D eigenvalue weighted by atomic mass is 10.0. The van der Waals surface area contributed by atoms with Crippen LogP contribution in [0.15, 0.2) is 22.9 Å². The van der Waals surface area contributed by atoms with Gasteiger partial charge >= 0.3 is 0 Å². The number of pyridine rings is 1. The molecule has 3 aliphatic rings. The molecule has 0 saturated carbocycles. The Morgan fingerprint density at radius 2 is 1.86 bits per heavy atom. The number of rotatable bonds is 4. The van der Waals surface area contributed by atoms with Gasteiger partial charge in [-0.1, -0.05) is 5.16 Å². The monoisotopic (exact) mass is 398 g/mol. The molecule has 29 heavy (non-hydrogen) atoms. The van der Waals surface area contributed by atoms with Gasteiger partial charge in [0.15, 0.2) is 0 Å². The molecule has 0 unspecified atom stereocenters. The Bertz CT molecular complexity index is 813. The average molecular weight is 399 g/mol. The van der Waals surface area contributed by atoms with Crippen molar-refractivity contribution in [3.8, 4) is 11.4 Å². The first-order valence-corrected chi connectivity index (χ1v) is 10.8. The quantitative estimate of drug-likeness (QED) is 0.776. The molecule has 0 N–H and O–H groups in total. The minimum absolute atomic E-state index is 0.255. The SMILES string of the molecule is CN1CCC(N2CCC[C@H]2c2nc(-c3ccnc(N4CCOCC4)c3)no2)CC1. The molecular weight excluding hydrogens is 368 g/mol. The van der Waals surface area contributed by atoms with Crippen molar-refractivity contribution in [3.05, 3.63) is 24.2 Å². The molecule has 0 bridgehead atoms. The molecule has 3 fully saturated rings. The molecule has 0 spiro atoms. The Morgan fingerprint density at radius 1 is 1.03 bits per heavy atom. The van der Waals surface area contributed by atoms with Crippen LogP contribution in [0.5, 0.6) is 0 Å². The summed E-state index contributed by atoms with van der Waals surface area (Å²) in [4.78, 5) is 16.6. The summed E-state index contributed by atoms with van der Waals surface area (Å²) < 4.78 is 11.2. The van der Waals surface area contributed by atoms with Crippen LogP contribution in [-0.4, -0.2) is 84.0 Å². The highest BCUT2D eigenvalue weighted by Crippen LogP contribution is 2.36. The second kappa shape index (κ2) is 8.38. The second-order valence-corrected chi connectivity index (χ2v) is 8.39. The summed E-state index contributed by atoms with van der Waals surface area (Å²) in [5, 5.41) is 4.32. The number of ether oxygens (including phenoxy) is 1. The van der Waals surface area contributed by atoms with Gasteiger partial charge in [0.05, 0.1) is 19.3 Å². The number of likely N-dealkylation sites (tertiary alicyclic amines) is 2.